The molecule has 0 spiro atoms. The van der Waals surface area contributed by atoms with Gasteiger partial charge >= 0.3 is 12.0 Å². The first-order valence-corrected chi connectivity index (χ1v) is 11.1. The molecule has 1 aromatic carbocycles. The van der Waals surface area contributed by atoms with Gasteiger partial charge in [0.2, 0.25) is 0 Å². The Morgan fingerprint density at radius 1 is 1.12 bits per heavy atom. The number of amides is 2. The third-order valence-corrected chi connectivity index (χ3v) is 6.18. The molecular formula is C23H27N5O4. The van der Waals surface area contributed by atoms with Crippen LogP contribution in [0.5, 0.6) is 0 Å². The summed E-state index contributed by atoms with van der Waals surface area (Å²) in [5, 5.41) is 5.75. The van der Waals surface area contributed by atoms with E-state index < -0.39 is 5.41 Å². The van der Waals surface area contributed by atoms with Crippen LogP contribution in [0.4, 0.5) is 16.3 Å². The summed E-state index contributed by atoms with van der Waals surface area (Å²) in [5.41, 5.74) is 1.53. The quantitative estimate of drug-likeness (QED) is 0.669. The number of methoxy groups -OCH3 is 1. The Kier molecular flexibility index (Phi) is 5.42. The van der Waals surface area contributed by atoms with Crippen LogP contribution in [0, 0.1) is 0 Å². The van der Waals surface area contributed by atoms with E-state index in [4.69, 9.17) is 19.4 Å². The smallest absolute Gasteiger partial charge is 0.319 e. The largest absolute Gasteiger partial charge is 0.468 e. The topological polar surface area (TPSA) is 106 Å². The van der Waals surface area contributed by atoms with Gasteiger partial charge in [0.05, 0.1) is 26.0 Å². The molecule has 0 atom stereocenters. The second-order valence-corrected chi connectivity index (χ2v) is 8.56. The van der Waals surface area contributed by atoms with Crippen molar-refractivity contribution in [2.45, 2.75) is 37.1 Å². The van der Waals surface area contributed by atoms with E-state index in [1.54, 1.807) is 0 Å². The van der Waals surface area contributed by atoms with Crippen molar-refractivity contribution in [2.75, 3.05) is 43.6 Å². The summed E-state index contributed by atoms with van der Waals surface area (Å²) < 4.78 is 10.5. The van der Waals surface area contributed by atoms with Crippen LogP contribution >= 0.6 is 0 Å². The molecule has 2 N–H and O–H groups in total. The van der Waals surface area contributed by atoms with Crippen molar-refractivity contribution < 1.29 is 19.1 Å². The highest BCUT2D eigenvalue weighted by Gasteiger charge is 2.54. The number of benzene rings is 1. The molecule has 0 bridgehead atoms. The number of urea groups is 1. The van der Waals surface area contributed by atoms with Crippen LogP contribution in [-0.2, 0) is 19.7 Å². The van der Waals surface area contributed by atoms with Crippen LogP contribution in [0.1, 0.15) is 31.4 Å². The van der Waals surface area contributed by atoms with E-state index in [0.29, 0.717) is 36.5 Å². The molecule has 2 amide bonds. The van der Waals surface area contributed by atoms with Crippen molar-refractivity contribution in [2.24, 2.45) is 0 Å². The van der Waals surface area contributed by atoms with Crippen molar-refractivity contribution in [3.05, 3.63) is 36.0 Å². The van der Waals surface area contributed by atoms with E-state index in [-0.39, 0.29) is 12.0 Å². The average Bonchev–Trinajstić information content (AvgIpc) is 3.75. The van der Waals surface area contributed by atoms with Gasteiger partial charge in [0.1, 0.15) is 11.2 Å². The zero-order valence-electron chi connectivity index (χ0n) is 18.1. The van der Waals surface area contributed by atoms with Crippen molar-refractivity contribution >= 4 is 23.5 Å². The minimum Gasteiger partial charge on any atom is -0.468 e. The van der Waals surface area contributed by atoms with Gasteiger partial charge in [0, 0.05) is 36.4 Å². The molecule has 1 aromatic heterocycles. The number of anilines is 2. The fourth-order valence-corrected chi connectivity index (χ4v) is 3.93. The van der Waals surface area contributed by atoms with Gasteiger partial charge in [-0.1, -0.05) is 0 Å². The molecule has 32 heavy (non-hydrogen) atoms. The van der Waals surface area contributed by atoms with E-state index in [1.807, 2.05) is 30.3 Å². The van der Waals surface area contributed by atoms with Gasteiger partial charge in [-0.25, -0.2) is 14.8 Å². The molecule has 3 fully saturated rings. The Morgan fingerprint density at radius 3 is 2.47 bits per heavy atom. The third kappa shape index (κ3) is 4.25. The van der Waals surface area contributed by atoms with Crippen LogP contribution in [0.15, 0.2) is 30.3 Å². The molecule has 1 saturated heterocycles. The van der Waals surface area contributed by atoms with Gasteiger partial charge in [0.25, 0.3) is 0 Å². The molecule has 168 valence electrons. The maximum absolute atomic E-state index is 12.5. The summed E-state index contributed by atoms with van der Waals surface area (Å²) in [5.74, 6) is 1.08. The van der Waals surface area contributed by atoms with E-state index in [0.717, 1.165) is 50.2 Å². The number of hydrogen-bond acceptors (Lipinski definition) is 7. The van der Waals surface area contributed by atoms with Crippen LogP contribution in [0.3, 0.4) is 0 Å². The Bertz CT molecular complexity index is 1010. The SMILES string of the molecule is COC(=O)C1(c2cc(N3CCOCC3)nc(-c3ccc(NC(=O)NC4CC4)cc3)n2)CC1. The number of ether oxygens (including phenoxy) is 2. The molecule has 3 aliphatic rings. The lowest BCUT2D eigenvalue weighted by Gasteiger charge is -2.28. The summed E-state index contributed by atoms with van der Waals surface area (Å²) in [4.78, 5) is 36.2. The monoisotopic (exact) mass is 437 g/mol. The number of carbonyl (C=O) groups excluding carboxylic acids is 2. The molecule has 2 aliphatic carbocycles. The van der Waals surface area contributed by atoms with E-state index in [9.17, 15) is 9.59 Å². The molecule has 2 saturated carbocycles. The molecule has 2 aromatic rings. The second-order valence-electron chi connectivity index (χ2n) is 8.56. The number of aromatic nitrogens is 2. The molecule has 0 unspecified atom stereocenters. The summed E-state index contributed by atoms with van der Waals surface area (Å²) in [6.07, 6.45) is 3.52. The minimum absolute atomic E-state index is 0.193. The number of morpholine rings is 1. The normalized spacial score (nSPS) is 19.2. The molecule has 0 radical (unpaired) electrons. The van der Waals surface area contributed by atoms with E-state index in [2.05, 4.69) is 15.5 Å². The predicted octanol–water partition coefficient (Wildman–Crippen LogP) is 2.47. The summed E-state index contributed by atoms with van der Waals surface area (Å²) >= 11 is 0. The highest BCUT2D eigenvalue weighted by atomic mass is 16.5. The fraction of sp³-hybridized carbons (Fsp3) is 0.478. The maximum Gasteiger partial charge on any atom is 0.319 e. The number of nitrogens with one attached hydrogen (secondary N) is 2. The Hall–Kier alpha value is -3.20. The Balaban J connectivity index is 1.43. The van der Waals surface area contributed by atoms with Gasteiger partial charge in [0.15, 0.2) is 5.82 Å². The first-order chi connectivity index (χ1) is 15.6. The van der Waals surface area contributed by atoms with E-state index in [1.165, 1.54) is 7.11 Å². The highest BCUT2D eigenvalue weighted by Crippen LogP contribution is 2.49. The highest BCUT2D eigenvalue weighted by molar-refractivity contribution is 5.90. The summed E-state index contributed by atoms with van der Waals surface area (Å²) in [6, 6.07) is 9.45. The molecule has 1 aliphatic heterocycles. The Morgan fingerprint density at radius 2 is 1.84 bits per heavy atom. The number of nitrogens with zero attached hydrogens (tertiary/aromatic N) is 3. The Labute approximate surface area is 186 Å². The minimum atomic E-state index is -0.685. The van der Waals surface area contributed by atoms with Gasteiger partial charge in [-0.3, -0.25) is 4.79 Å². The predicted molar refractivity (Wildman–Crippen MR) is 119 cm³/mol. The van der Waals surface area contributed by atoms with Gasteiger partial charge < -0.3 is 25.0 Å². The number of hydrogen-bond donors (Lipinski definition) is 2. The zero-order valence-corrected chi connectivity index (χ0v) is 18.1. The van der Waals surface area contributed by atoms with Gasteiger partial charge in [-0.15, -0.1) is 0 Å². The summed E-state index contributed by atoms with van der Waals surface area (Å²) in [6.45, 7) is 2.75. The van der Waals surface area contributed by atoms with Crippen molar-refractivity contribution in [3.8, 4) is 11.4 Å². The van der Waals surface area contributed by atoms with Crippen molar-refractivity contribution in [1.29, 1.82) is 0 Å². The first kappa shape index (κ1) is 20.7. The van der Waals surface area contributed by atoms with Crippen molar-refractivity contribution in [3.63, 3.8) is 0 Å². The molecule has 9 heteroatoms. The lowest BCUT2D eigenvalue weighted by molar-refractivity contribution is -0.143. The van der Waals surface area contributed by atoms with Crippen LogP contribution < -0.4 is 15.5 Å². The fourth-order valence-electron chi connectivity index (χ4n) is 3.93. The number of esters is 1. The van der Waals surface area contributed by atoms with Crippen molar-refractivity contribution in [1.82, 2.24) is 15.3 Å². The standard InChI is InChI=1S/C23H27N5O4/c1-31-21(29)23(8-9-23)18-14-19(28-10-12-32-13-11-28)27-20(26-18)15-2-4-16(5-3-15)24-22(30)25-17-6-7-17/h2-5,14,17H,6-13H2,1H3,(H2,24,25,30). The van der Waals surface area contributed by atoms with Gasteiger partial charge in [-0.2, -0.15) is 0 Å². The average molecular weight is 438 g/mol. The molecule has 5 rings (SSSR count). The molecule has 9 nitrogen and oxygen atoms in total. The van der Waals surface area contributed by atoms with Gasteiger partial charge in [-0.05, 0) is 49.9 Å². The molecule has 2 heterocycles. The second kappa shape index (κ2) is 8.38. The first-order valence-electron chi connectivity index (χ1n) is 11.1. The van der Waals surface area contributed by atoms with Crippen LogP contribution in [0.25, 0.3) is 11.4 Å². The number of carbonyl (C=O) groups is 2. The lowest BCUT2D eigenvalue weighted by atomic mass is 10.0. The third-order valence-electron chi connectivity index (χ3n) is 6.18. The number of rotatable bonds is 6. The molecular weight excluding hydrogens is 410 g/mol. The van der Waals surface area contributed by atoms with Crippen LogP contribution in [0.2, 0.25) is 0 Å². The van der Waals surface area contributed by atoms with Crippen LogP contribution in [-0.4, -0.2) is 61.4 Å². The maximum atomic E-state index is 12.5. The summed E-state index contributed by atoms with van der Waals surface area (Å²) in [7, 11) is 1.42. The lowest BCUT2D eigenvalue weighted by Crippen LogP contribution is -2.37. The van der Waals surface area contributed by atoms with E-state index >= 15 is 0 Å². The zero-order chi connectivity index (χ0) is 22.1.